The van der Waals surface area contributed by atoms with E-state index in [0.29, 0.717) is 12.8 Å². The summed E-state index contributed by atoms with van der Waals surface area (Å²) in [6.45, 7) is 5.64. The number of aliphatic hydroxyl groups excluding tert-OH is 5. The van der Waals surface area contributed by atoms with E-state index in [-0.39, 0.29) is 19.4 Å². The van der Waals surface area contributed by atoms with Gasteiger partial charge in [0.05, 0.1) is 25.4 Å². The van der Waals surface area contributed by atoms with Crippen LogP contribution in [-0.4, -0.2) is 99.6 Å². The predicted molar refractivity (Wildman–Crippen MR) is 310 cm³/mol. The summed E-state index contributed by atoms with van der Waals surface area (Å²) >= 11 is 0. The third-order valence-electron chi connectivity index (χ3n) is 13.8. The van der Waals surface area contributed by atoms with Gasteiger partial charge < -0.3 is 45.1 Å². The van der Waals surface area contributed by atoms with Gasteiger partial charge in [0.25, 0.3) is 0 Å². The average Bonchev–Trinajstić information content (AvgIpc) is 3.41. The van der Waals surface area contributed by atoms with Gasteiger partial charge in [-0.05, 0) is 96.3 Å². The Balaban J connectivity index is 2.71. The van der Waals surface area contributed by atoms with Crippen LogP contribution < -0.4 is 5.32 Å². The molecule has 0 radical (unpaired) electrons. The molecule has 1 amide bonds. The van der Waals surface area contributed by atoms with Crippen molar-refractivity contribution in [2.24, 2.45) is 0 Å². The van der Waals surface area contributed by atoms with Crippen LogP contribution in [0.3, 0.4) is 0 Å². The van der Waals surface area contributed by atoms with E-state index in [1.807, 2.05) is 6.08 Å². The second kappa shape index (κ2) is 51.6. The molecule has 0 aromatic heterocycles. The first-order valence-electron chi connectivity index (χ1n) is 30.4. The smallest absolute Gasteiger partial charge is 0.306 e. The van der Waals surface area contributed by atoms with Crippen molar-refractivity contribution in [1.82, 2.24) is 5.32 Å². The molecule has 6 N–H and O–H groups in total. The Morgan fingerprint density at radius 2 is 0.960 bits per heavy atom. The number of carbonyl (C=O) groups excluding carboxylic acids is 2. The maximum Gasteiger partial charge on any atom is 0.306 e. The van der Waals surface area contributed by atoms with Crippen LogP contribution in [-0.2, 0) is 23.8 Å². The molecule has 11 heteroatoms. The highest BCUT2D eigenvalue weighted by atomic mass is 16.7. The molecule has 1 saturated heterocycles. The standard InChI is InChI=1S/C64H111NO10/c1-4-7-10-13-16-19-22-25-26-27-28-29-30-31-32-34-37-40-43-46-49-52-59(69)75-62-61(71)60(70)58(53-66)74-64(62)73-54-55(56(67)50-47-44-41-38-36-33-23-20-17-14-11-8-5-2)65-63(72)57(68)51-48-45-42-39-35-24-21-18-15-12-9-6-3/h7,10,16,19,25-26,28-29,31-32,35,39,47,50,55-58,60-62,64,66-68,70-71H,4-6,8-9,11-15,17-18,20-24,27,30,33-34,36-38,40-46,48-49,51-54H2,1-3H3,(H,65,72)/b10-7-,19-16-,26-25-,29-28-,32-31-,39-35-,50-47+. The lowest BCUT2D eigenvalue weighted by Crippen LogP contribution is -2.61. The highest BCUT2D eigenvalue weighted by Gasteiger charge is 2.47. The van der Waals surface area contributed by atoms with E-state index in [1.54, 1.807) is 6.08 Å². The van der Waals surface area contributed by atoms with E-state index >= 15 is 0 Å². The Morgan fingerprint density at radius 1 is 0.533 bits per heavy atom. The first-order chi connectivity index (χ1) is 36.7. The summed E-state index contributed by atoms with van der Waals surface area (Å²) in [4.78, 5) is 26.5. The minimum atomic E-state index is -1.63. The molecule has 8 atom stereocenters. The Bertz CT molecular complexity index is 1540. The Hall–Kier alpha value is -3.16. The van der Waals surface area contributed by atoms with E-state index < -0.39 is 67.4 Å². The largest absolute Gasteiger partial charge is 0.454 e. The predicted octanol–water partition coefficient (Wildman–Crippen LogP) is 14.2. The van der Waals surface area contributed by atoms with Crippen LogP contribution in [0.4, 0.5) is 0 Å². The van der Waals surface area contributed by atoms with Gasteiger partial charge in [0, 0.05) is 6.42 Å². The van der Waals surface area contributed by atoms with E-state index in [0.717, 1.165) is 103 Å². The van der Waals surface area contributed by atoms with E-state index in [2.05, 4.69) is 99.0 Å². The van der Waals surface area contributed by atoms with Crippen LogP contribution in [0.25, 0.3) is 0 Å². The molecule has 432 valence electrons. The second-order valence-electron chi connectivity index (χ2n) is 20.7. The minimum absolute atomic E-state index is 0.0962. The summed E-state index contributed by atoms with van der Waals surface area (Å²) in [5.74, 6) is -1.23. The van der Waals surface area contributed by atoms with Crippen molar-refractivity contribution in [3.05, 3.63) is 85.1 Å². The molecule has 0 aromatic rings. The van der Waals surface area contributed by atoms with Crippen LogP contribution in [0.2, 0.25) is 0 Å². The fourth-order valence-electron chi connectivity index (χ4n) is 8.97. The molecule has 1 aliphatic rings. The number of rotatable bonds is 50. The van der Waals surface area contributed by atoms with Crippen LogP contribution >= 0.6 is 0 Å². The Labute approximate surface area is 457 Å². The quantitative estimate of drug-likeness (QED) is 0.0195. The second-order valence-corrected chi connectivity index (χ2v) is 20.7. The van der Waals surface area contributed by atoms with Crippen LogP contribution in [0.5, 0.6) is 0 Å². The van der Waals surface area contributed by atoms with Crippen molar-refractivity contribution in [2.45, 2.75) is 294 Å². The van der Waals surface area contributed by atoms with Crippen LogP contribution in [0.15, 0.2) is 85.1 Å². The molecule has 1 heterocycles. The molecule has 8 unspecified atom stereocenters. The minimum Gasteiger partial charge on any atom is -0.454 e. The van der Waals surface area contributed by atoms with Gasteiger partial charge >= 0.3 is 5.97 Å². The third kappa shape index (κ3) is 39.8. The fraction of sp³-hybridized carbons (Fsp3) is 0.750. The molecule has 0 bridgehead atoms. The molecule has 0 saturated carbocycles. The van der Waals surface area contributed by atoms with Gasteiger partial charge in [0.15, 0.2) is 12.4 Å². The van der Waals surface area contributed by atoms with E-state index in [4.69, 9.17) is 14.2 Å². The van der Waals surface area contributed by atoms with Crippen molar-refractivity contribution >= 4 is 11.9 Å². The molecule has 0 aliphatic carbocycles. The molecule has 75 heavy (non-hydrogen) atoms. The Kier molecular flexibility index (Phi) is 48.0. The topological polar surface area (TPSA) is 175 Å². The average molecular weight is 1050 g/mol. The number of hydrogen-bond donors (Lipinski definition) is 6. The number of allylic oxidation sites excluding steroid dienone is 13. The summed E-state index contributed by atoms with van der Waals surface area (Å²) in [7, 11) is 0. The lowest BCUT2D eigenvalue weighted by Gasteiger charge is -2.41. The Morgan fingerprint density at radius 3 is 1.45 bits per heavy atom. The van der Waals surface area contributed by atoms with Crippen molar-refractivity contribution in [1.29, 1.82) is 0 Å². The van der Waals surface area contributed by atoms with Crippen molar-refractivity contribution < 1.29 is 49.3 Å². The molecule has 1 fully saturated rings. The lowest BCUT2D eigenvalue weighted by molar-refractivity contribution is -0.305. The monoisotopic (exact) mass is 1050 g/mol. The highest BCUT2D eigenvalue weighted by Crippen LogP contribution is 2.26. The van der Waals surface area contributed by atoms with E-state index in [1.165, 1.54) is 96.3 Å². The maximum atomic E-state index is 13.4. The molecule has 0 aromatic carbocycles. The first-order valence-corrected chi connectivity index (χ1v) is 30.4. The number of ether oxygens (including phenoxy) is 3. The molecular weight excluding hydrogens is 943 g/mol. The van der Waals surface area contributed by atoms with Gasteiger partial charge in [-0.25, -0.2) is 0 Å². The van der Waals surface area contributed by atoms with E-state index in [9.17, 15) is 35.1 Å². The van der Waals surface area contributed by atoms with Crippen molar-refractivity contribution in [2.75, 3.05) is 13.2 Å². The van der Waals surface area contributed by atoms with Gasteiger partial charge in [-0.15, -0.1) is 0 Å². The summed E-state index contributed by atoms with van der Waals surface area (Å²) in [5, 5.41) is 56.9. The van der Waals surface area contributed by atoms with Crippen LogP contribution in [0.1, 0.15) is 245 Å². The third-order valence-corrected chi connectivity index (χ3v) is 13.8. The summed E-state index contributed by atoms with van der Waals surface area (Å²) in [6, 6.07) is -1.04. The summed E-state index contributed by atoms with van der Waals surface area (Å²) < 4.78 is 17.6. The van der Waals surface area contributed by atoms with Gasteiger partial charge in [-0.1, -0.05) is 228 Å². The molecule has 0 spiro atoms. The van der Waals surface area contributed by atoms with Gasteiger partial charge in [-0.2, -0.15) is 0 Å². The maximum absolute atomic E-state index is 13.4. The first kappa shape index (κ1) is 69.9. The SMILES string of the molecule is CC/C=C\C/C=C\C/C=C\C/C=C\C/C=C\CCCCCCCC(=O)OC1C(OCC(NC(=O)C(O)CCCC/C=C\CCCCCCCC)C(O)/C=C/CCCCCCCCCCCCC)OC(CO)C(O)C1O. The van der Waals surface area contributed by atoms with Gasteiger partial charge in [-0.3, -0.25) is 9.59 Å². The van der Waals surface area contributed by atoms with Crippen LogP contribution in [0, 0.1) is 0 Å². The zero-order valence-electron chi connectivity index (χ0n) is 47.6. The fourth-order valence-corrected chi connectivity index (χ4v) is 8.97. The lowest BCUT2D eigenvalue weighted by atomic mass is 9.99. The zero-order chi connectivity index (χ0) is 54.7. The number of amides is 1. The number of nitrogens with one attached hydrogen (secondary N) is 1. The van der Waals surface area contributed by atoms with Crippen molar-refractivity contribution in [3.63, 3.8) is 0 Å². The number of hydrogen-bond acceptors (Lipinski definition) is 10. The number of unbranched alkanes of at least 4 members (excludes halogenated alkanes) is 24. The number of esters is 1. The summed E-state index contributed by atoms with van der Waals surface area (Å²) in [5.41, 5.74) is 0. The zero-order valence-corrected chi connectivity index (χ0v) is 47.6. The van der Waals surface area contributed by atoms with Gasteiger partial charge in [0.2, 0.25) is 5.91 Å². The normalized spacial score (nSPS) is 19.8. The molecule has 1 rings (SSSR count). The number of aliphatic hydroxyl groups is 5. The van der Waals surface area contributed by atoms with Crippen molar-refractivity contribution in [3.8, 4) is 0 Å². The molecule has 11 nitrogen and oxygen atoms in total. The summed E-state index contributed by atoms with van der Waals surface area (Å²) in [6.07, 6.45) is 56.2. The molecular formula is C64H111NO10. The number of carbonyl (C=O) groups is 2. The van der Waals surface area contributed by atoms with Gasteiger partial charge in [0.1, 0.15) is 24.4 Å². The molecule has 1 aliphatic heterocycles. The highest BCUT2D eigenvalue weighted by molar-refractivity contribution is 5.80.